The number of hydrogen-bond acceptors (Lipinski definition) is 2. The van der Waals surface area contributed by atoms with Crippen LogP contribution >= 0.6 is 0 Å². The van der Waals surface area contributed by atoms with E-state index in [0.29, 0.717) is 6.04 Å². The highest BCUT2D eigenvalue weighted by molar-refractivity contribution is 5.56. The smallest absolute Gasteiger partial charge is 0.141 e. The number of nitrogens with one attached hydrogen (secondary N) is 1. The Balaban J connectivity index is 2.45. The van der Waals surface area contributed by atoms with Crippen LogP contribution in [0, 0.1) is 0 Å². The molecule has 1 unspecified atom stereocenters. The molecule has 0 heterocycles. The van der Waals surface area contributed by atoms with Crippen LogP contribution in [0.15, 0.2) is 24.3 Å². The first kappa shape index (κ1) is 12.9. The number of unbranched alkanes of at least 4 members (excludes halogenated alkanes) is 2. The minimum absolute atomic E-state index is 0.503. The van der Waals surface area contributed by atoms with E-state index in [0.717, 1.165) is 11.4 Å². The maximum Gasteiger partial charge on any atom is 0.141 e. The van der Waals surface area contributed by atoms with Crippen molar-refractivity contribution in [2.45, 2.75) is 45.6 Å². The van der Waals surface area contributed by atoms with E-state index in [9.17, 15) is 0 Å². The highest BCUT2D eigenvalue weighted by Gasteiger charge is 2.05. The second-order valence-corrected chi connectivity index (χ2v) is 4.24. The van der Waals surface area contributed by atoms with E-state index in [-0.39, 0.29) is 0 Å². The van der Waals surface area contributed by atoms with Gasteiger partial charge in [0.05, 0.1) is 12.8 Å². The van der Waals surface area contributed by atoms with Gasteiger partial charge in [-0.1, -0.05) is 38.3 Å². The number of anilines is 1. The van der Waals surface area contributed by atoms with Gasteiger partial charge in [-0.15, -0.1) is 0 Å². The SMILES string of the molecule is CCCCCC(C)Nc1ccccc1OC. The van der Waals surface area contributed by atoms with Crippen LogP contribution in [0.3, 0.4) is 0 Å². The first-order valence-corrected chi connectivity index (χ1v) is 6.17. The molecule has 2 nitrogen and oxygen atoms in total. The summed E-state index contributed by atoms with van der Waals surface area (Å²) in [6.07, 6.45) is 5.10. The van der Waals surface area contributed by atoms with Gasteiger partial charge < -0.3 is 10.1 Å². The molecule has 0 aromatic heterocycles. The third-order valence-corrected chi connectivity index (χ3v) is 2.75. The van der Waals surface area contributed by atoms with Crippen LogP contribution in [-0.4, -0.2) is 13.2 Å². The predicted molar refractivity (Wildman–Crippen MR) is 70.2 cm³/mol. The molecule has 0 radical (unpaired) electrons. The first-order chi connectivity index (χ1) is 7.77. The summed E-state index contributed by atoms with van der Waals surface area (Å²) >= 11 is 0. The quantitative estimate of drug-likeness (QED) is 0.701. The van der Waals surface area contributed by atoms with Crippen molar-refractivity contribution in [3.05, 3.63) is 24.3 Å². The second-order valence-electron chi connectivity index (χ2n) is 4.24. The molecular weight excluding hydrogens is 198 g/mol. The topological polar surface area (TPSA) is 21.3 Å². The zero-order chi connectivity index (χ0) is 11.8. The van der Waals surface area contributed by atoms with Crippen LogP contribution in [0.1, 0.15) is 39.5 Å². The molecular formula is C14H23NO. The van der Waals surface area contributed by atoms with Crippen molar-refractivity contribution in [2.75, 3.05) is 12.4 Å². The van der Waals surface area contributed by atoms with Crippen LogP contribution in [0.4, 0.5) is 5.69 Å². The Morgan fingerprint density at radius 1 is 1.25 bits per heavy atom. The van der Waals surface area contributed by atoms with E-state index in [1.807, 2.05) is 18.2 Å². The summed E-state index contributed by atoms with van der Waals surface area (Å²) in [5, 5.41) is 3.50. The van der Waals surface area contributed by atoms with Crippen molar-refractivity contribution in [1.29, 1.82) is 0 Å². The minimum Gasteiger partial charge on any atom is -0.495 e. The van der Waals surface area contributed by atoms with E-state index in [2.05, 4.69) is 25.2 Å². The Morgan fingerprint density at radius 3 is 2.69 bits per heavy atom. The molecule has 0 amide bonds. The Hall–Kier alpha value is -1.18. The number of rotatable bonds is 7. The van der Waals surface area contributed by atoms with Crippen molar-refractivity contribution in [1.82, 2.24) is 0 Å². The largest absolute Gasteiger partial charge is 0.495 e. The molecule has 1 N–H and O–H groups in total. The standard InChI is InChI=1S/C14H23NO/c1-4-5-6-9-12(2)15-13-10-7-8-11-14(13)16-3/h7-8,10-12,15H,4-6,9H2,1-3H3. The van der Waals surface area contributed by atoms with Gasteiger partial charge in [-0.3, -0.25) is 0 Å². The average molecular weight is 221 g/mol. The van der Waals surface area contributed by atoms with Gasteiger partial charge in [-0.25, -0.2) is 0 Å². The number of ether oxygens (including phenoxy) is 1. The summed E-state index contributed by atoms with van der Waals surface area (Å²) in [5.74, 6) is 0.921. The maximum absolute atomic E-state index is 5.31. The van der Waals surface area contributed by atoms with Crippen molar-refractivity contribution < 1.29 is 4.74 Å². The highest BCUT2D eigenvalue weighted by atomic mass is 16.5. The average Bonchev–Trinajstić information content (AvgIpc) is 2.30. The fourth-order valence-corrected chi connectivity index (χ4v) is 1.80. The summed E-state index contributed by atoms with van der Waals surface area (Å²) < 4.78 is 5.31. The maximum atomic E-state index is 5.31. The summed E-state index contributed by atoms with van der Waals surface area (Å²) in [7, 11) is 1.71. The first-order valence-electron chi connectivity index (χ1n) is 6.17. The van der Waals surface area contributed by atoms with Gasteiger partial charge in [-0.05, 0) is 25.5 Å². The Bertz CT molecular complexity index is 299. The highest BCUT2D eigenvalue weighted by Crippen LogP contribution is 2.24. The summed E-state index contributed by atoms with van der Waals surface area (Å²) in [4.78, 5) is 0. The zero-order valence-corrected chi connectivity index (χ0v) is 10.6. The van der Waals surface area contributed by atoms with Crippen molar-refractivity contribution in [3.8, 4) is 5.75 Å². The van der Waals surface area contributed by atoms with E-state index < -0.39 is 0 Å². The molecule has 1 aromatic carbocycles. The molecule has 16 heavy (non-hydrogen) atoms. The number of benzene rings is 1. The Morgan fingerprint density at radius 2 is 2.00 bits per heavy atom. The number of hydrogen-bond donors (Lipinski definition) is 1. The Kier molecular flexibility index (Phi) is 5.76. The van der Waals surface area contributed by atoms with Crippen molar-refractivity contribution in [3.63, 3.8) is 0 Å². The molecule has 0 aliphatic carbocycles. The Labute approximate surface area is 99.0 Å². The van der Waals surface area contributed by atoms with Crippen molar-refractivity contribution >= 4 is 5.69 Å². The molecule has 2 heteroatoms. The van der Waals surface area contributed by atoms with Gasteiger partial charge in [0, 0.05) is 6.04 Å². The fraction of sp³-hybridized carbons (Fsp3) is 0.571. The molecule has 0 spiro atoms. The van der Waals surface area contributed by atoms with Gasteiger partial charge in [0.25, 0.3) is 0 Å². The molecule has 0 fully saturated rings. The summed E-state index contributed by atoms with van der Waals surface area (Å²) in [6, 6.07) is 8.58. The summed E-state index contributed by atoms with van der Waals surface area (Å²) in [6.45, 7) is 4.46. The fourth-order valence-electron chi connectivity index (χ4n) is 1.80. The third kappa shape index (κ3) is 4.13. The molecule has 0 aliphatic heterocycles. The number of para-hydroxylation sites is 2. The molecule has 1 rings (SSSR count). The zero-order valence-electron chi connectivity index (χ0n) is 10.6. The van der Waals surface area contributed by atoms with Crippen LogP contribution < -0.4 is 10.1 Å². The van der Waals surface area contributed by atoms with Crippen LogP contribution in [0.5, 0.6) is 5.75 Å². The van der Waals surface area contributed by atoms with Crippen LogP contribution in [0.25, 0.3) is 0 Å². The van der Waals surface area contributed by atoms with Gasteiger partial charge in [0.15, 0.2) is 0 Å². The predicted octanol–water partition coefficient (Wildman–Crippen LogP) is 4.08. The lowest BCUT2D eigenvalue weighted by Crippen LogP contribution is -2.15. The van der Waals surface area contributed by atoms with Crippen molar-refractivity contribution in [2.24, 2.45) is 0 Å². The normalized spacial score (nSPS) is 12.2. The lowest BCUT2D eigenvalue weighted by atomic mass is 10.1. The molecule has 90 valence electrons. The van der Waals surface area contributed by atoms with E-state index in [4.69, 9.17) is 4.74 Å². The molecule has 1 aromatic rings. The molecule has 0 bridgehead atoms. The van der Waals surface area contributed by atoms with Gasteiger partial charge in [0.2, 0.25) is 0 Å². The second kappa shape index (κ2) is 7.15. The van der Waals surface area contributed by atoms with Crippen LogP contribution in [-0.2, 0) is 0 Å². The lowest BCUT2D eigenvalue weighted by Gasteiger charge is -2.17. The van der Waals surface area contributed by atoms with Crippen LogP contribution in [0.2, 0.25) is 0 Å². The molecule has 1 atom stereocenters. The monoisotopic (exact) mass is 221 g/mol. The molecule has 0 aliphatic rings. The van der Waals surface area contributed by atoms with Gasteiger partial charge in [0.1, 0.15) is 5.75 Å². The van der Waals surface area contributed by atoms with E-state index in [1.54, 1.807) is 7.11 Å². The lowest BCUT2D eigenvalue weighted by molar-refractivity contribution is 0.416. The van der Waals surface area contributed by atoms with Gasteiger partial charge in [-0.2, -0.15) is 0 Å². The van der Waals surface area contributed by atoms with E-state index >= 15 is 0 Å². The minimum atomic E-state index is 0.503. The van der Waals surface area contributed by atoms with Gasteiger partial charge >= 0.3 is 0 Å². The number of methoxy groups -OCH3 is 1. The molecule has 0 saturated carbocycles. The van der Waals surface area contributed by atoms with E-state index in [1.165, 1.54) is 25.7 Å². The third-order valence-electron chi connectivity index (χ3n) is 2.75. The summed E-state index contributed by atoms with van der Waals surface area (Å²) in [5.41, 5.74) is 1.09. The molecule has 0 saturated heterocycles.